The molecule has 0 N–H and O–H groups in total. The highest BCUT2D eigenvalue weighted by atomic mass is 16.5. The zero-order valence-corrected chi connectivity index (χ0v) is 12.2. The molecule has 0 aliphatic carbocycles. The van der Waals surface area contributed by atoms with Gasteiger partial charge in [-0.05, 0) is 42.3 Å². The molecule has 0 amide bonds. The number of nitrogens with zero attached hydrogens (tertiary/aromatic N) is 1. The third kappa shape index (κ3) is 2.56. The van der Waals surface area contributed by atoms with Gasteiger partial charge >= 0.3 is 0 Å². The lowest BCUT2D eigenvalue weighted by Crippen LogP contribution is -2.24. The van der Waals surface area contributed by atoms with Gasteiger partial charge in [0.1, 0.15) is 5.75 Å². The van der Waals surface area contributed by atoms with Crippen molar-refractivity contribution in [2.24, 2.45) is 0 Å². The lowest BCUT2D eigenvalue weighted by molar-refractivity contribution is 0.338. The molecule has 2 nitrogen and oxygen atoms in total. The average Bonchev–Trinajstić information content (AvgIpc) is 2.67. The highest BCUT2D eigenvalue weighted by Crippen LogP contribution is 2.31. The Labute approximate surface area is 121 Å². The van der Waals surface area contributed by atoms with Crippen molar-refractivity contribution in [3.05, 3.63) is 65.2 Å². The summed E-state index contributed by atoms with van der Waals surface area (Å²) in [7, 11) is 3.92. The summed E-state index contributed by atoms with van der Waals surface area (Å²) in [5.41, 5.74) is 4.33. The first-order chi connectivity index (χ1) is 9.78. The van der Waals surface area contributed by atoms with Gasteiger partial charge in [-0.3, -0.25) is 0 Å². The minimum absolute atomic E-state index is 0.449. The molecule has 1 unspecified atom stereocenters. The zero-order chi connectivity index (χ0) is 13.9. The Bertz CT molecular complexity index is 576. The van der Waals surface area contributed by atoms with Crippen molar-refractivity contribution in [1.29, 1.82) is 0 Å². The smallest absolute Gasteiger partial charge is 0.118 e. The molecular weight excluding hydrogens is 246 g/mol. The molecule has 0 bridgehead atoms. The first-order valence-electron chi connectivity index (χ1n) is 7.18. The molecule has 3 rings (SSSR count). The van der Waals surface area contributed by atoms with Crippen LogP contribution in [-0.4, -0.2) is 32.1 Å². The number of fused-ring (bicyclic) bond motifs is 1. The van der Waals surface area contributed by atoms with Crippen LogP contribution < -0.4 is 4.74 Å². The molecule has 0 aromatic heterocycles. The predicted octanol–water partition coefficient (Wildman–Crippen LogP) is 3.32. The fourth-order valence-corrected chi connectivity index (χ4v) is 3.04. The normalized spacial score (nSPS) is 19.2. The molecule has 1 heterocycles. The van der Waals surface area contributed by atoms with E-state index >= 15 is 0 Å². The number of hydrogen-bond acceptors (Lipinski definition) is 2. The molecule has 104 valence electrons. The second-order valence-electron chi connectivity index (χ2n) is 5.54. The van der Waals surface area contributed by atoms with Crippen LogP contribution in [0.25, 0.3) is 0 Å². The quantitative estimate of drug-likeness (QED) is 0.827. The fraction of sp³-hybridized carbons (Fsp3) is 0.333. The predicted molar refractivity (Wildman–Crippen MR) is 82.5 cm³/mol. The lowest BCUT2D eigenvalue weighted by atomic mass is 9.88. The van der Waals surface area contributed by atoms with E-state index < -0.39 is 0 Å². The fourth-order valence-electron chi connectivity index (χ4n) is 3.04. The van der Waals surface area contributed by atoms with E-state index in [0.717, 1.165) is 25.3 Å². The summed E-state index contributed by atoms with van der Waals surface area (Å²) < 4.78 is 5.26. The second-order valence-corrected chi connectivity index (χ2v) is 5.54. The first kappa shape index (κ1) is 13.2. The second kappa shape index (κ2) is 5.68. The molecule has 2 aromatic rings. The van der Waals surface area contributed by atoms with Crippen LogP contribution in [0.1, 0.15) is 22.6 Å². The van der Waals surface area contributed by atoms with E-state index in [9.17, 15) is 0 Å². The summed E-state index contributed by atoms with van der Waals surface area (Å²) in [4.78, 5) is 2.43. The Kier molecular flexibility index (Phi) is 3.75. The minimum Gasteiger partial charge on any atom is -0.497 e. The van der Waals surface area contributed by atoms with Gasteiger partial charge in [0, 0.05) is 19.0 Å². The van der Waals surface area contributed by atoms with Gasteiger partial charge in [-0.25, -0.2) is 0 Å². The number of rotatable bonds is 2. The third-order valence-electron chi connectivity index (χ3n) is 4.21. The lowest BCUT2D eigenvalue weighted by Gasteiger charge is -2.22. The van der Waals surface area contributed by atoms with Crippen LogP contribution in [-0.2, 0) is 6.42 Å². The molecule has 1 aliphatic rings. The SMILES string of the molecule is COc1ccc(C2CN(C)CCc3ccccc32)cc1. The van der Waals surface area contributed by atoms with Gasteiger partial charge < -0.3 is 9.64 Å². The molecule has 2 aromatic carbocycles. The van der Waals surface area contributed by atoms with Gasteiger partial charge in [0.05, 0.1) is 7.11 Å². The molecule has 0 fully saturated rings. The molecule has 0 saturated heterocycles. The Morgan fingerprint density at radius 1 is 1.05 bits per heavy atom. The van der Waals surface area contributed by atoms with Gasteiger partial charge in [-0.1, -0.05) is 36.4 Å². The molecule has 1 aliphatic heterocycles. The Hall–Kier alpha value is -1.80. The van der Waals surface area contributed by atoms with Crippen molar-refractivity contribution in [2.75, 3.05) is 27.2 Å². The maximum Gasteiger partial charge on any atom is 0.118 e. The van der Waals surface area contributed by atoms with Crippen LogP contribution in [0.3, 0.4) is 0 Å². The number of methoxy groups -OCH3 is 1. The van der Waals surface area contributed by atoms with Crippen LogP contribution in [0.5, 0.6) is 5.75 Å². The van der Waals surface area contributed by atoms with Crippen LogP contribution in [0.2, 0.25) is 0 Å². The van der Waals surface area contributed by atoms with E-state index in [1.807, 2.05) is 0 Å². The first-order valence-corrected chi connectivity index (χ1v) is 7.18. The largest absolute Gasteiger partial charge is 0.497 e. The highest BCUT2D eigenvalue weighted by Gasteiger charge is 2.22. The highest BCUT2D eigenvalue weighted by molar-refractivity contribution is 5.41. The van der Waals surface area contributed by atoms with Crippen molar-refractivity contribution >= 4 is 0 Å². The van der Waals surface area contributed by atoms with Gasteiger partial charge in [-0.15, -0.1) is 0 Å². The summed E-state index contributed by atoms with van der Waals surface area (Å²) in [6, 6.07) is 17.4. The summed E-state index contributed by atoms with van der Waals surface area (Å²) in [6.07, 6.45) is 1.14. The Balaban J connectivity index is 2.01. The van der Waals surface area contributed by atoms with E-state index in [2.05, 4.69) is 60.5 Å². The molecule has 2 heteroatoms. The maximum atomic E-state index is 5.26. The van der Waals surface area contributed by atoms with Crippen molar-refractivity contribution in [2.45, 2.75) is 12.3 Å². The van der Waals surface area contributed by atoms with Crippen molar-refractivity contribution < 1.29 is 4.74 Å². The minimum atomic E-state index is 0.449. The summed E-state index contributed by atoms with van der Waals surface area (Å²) in [5.74, 6) is 1.37. The van der Waals surface area contributed by atoms with Crippen molar-refractivity contribution in [3.8, 4) is 5.75 Å². The number of hydrogen-bond donors (Lipinski definition) is 0. The summed E-state index contributed by atoms with van der Waals surface area (Å²) in [6.45, 7) is 2.20. The average molecular weight is 267 g/mol. The standard InChI is InChI=1S/C18H21NO/c1-19-12-11-14-5-3-4-6-17(14)18(13-19)15-7-9-16(20-2)10-8-15/h3-10,18H,11-13H2,1-2H3. The molecule has 0 spiro atoms. The molecule has 1 atom stereocenters. The van der Waals surface area contributed by atoms with Crippen molar-refractivity contribution in [3.63, 3.8) is 0 Å². The maximum absolute atomic E-state index is 5.26. The van der Waals surface area contributed by atoms with Crippen molar-refractivity contribution in [1.82, 2.24) is 4.90 Å². The van der Waals surface area contributed by atoms with E-state index in [-0.39, 0.29) is 0 Å². The van der Waals surface area contributed by atoms with Gasteiger partial charge in [0.25, 0.3) is 0 Å². The molecule has 20 heavy (non-hydrogen) atoms. The number of ether oxygens (including phenoxy) is 1. The van der Waals surface area contributed by atoms with E-state index in [1.54, 1.807) is 7.11 Å². The topological polar surface area (TPSA) is 12.5 Å². The van der Waals surface area contributed by atoms with Gasteiger partial charge in [0.2, 0.25) is 0 Å². The van der Waals surface area contributed by atoms with Crippen LogP contribution in [0.15, 0.2) is 48.5 Å². The number of benzene rings is 2. The summed E-state index contributed by atoms with van der Waals surface area (Å²) in [5, 5.41) is 0. The number of likely N-dealkylation sites (N-methyl/N-ethyl adjacent to an activating group) is 1. The summed E-state index contributed by atoms with van der Waals surface area (Å²) >= 11 is 0. The van der Waals surface area contributed by atoms with E-state index in [4.69, 9.17) is 4.74 Å². The molecular formula is C18H21NO. The van der Waals surface area contributed by atoms with E-state index in [1.165, 1.54) is 16.7 Å². The Morgan fingerprint density at radius 2 is 1.80 bits per heavy atom. The van der Waals surface area contributed by atoms with Gasteiger partial charge in [0.15, 0.2) is 0 Å². The Morgan fingerprint density at radius 3 is 2.55 bits per heavy atom. The molecule has 0 saturated carbocycles. The molecule has 0 radical (unpaired) electrons. The van der Waals surface area contributed by atoms with Crippen LogP contribution in [0.4, 0.5) is 0 Å². The van der Waals surface area contributed by atoms with Crippen LogP contribution in [0, 0.1) is 0 Å². The zero-order valence-electron chi connectivity index (χ0n) is 12.2. The monoisotopic (exact) mass is 267 g/mol. The van der Waals surface area contributed by atoms with Gasteiger partial charge in [-0.2, -0.15) is 0 Å². The third-order valence-corrected chi connectivity index (χ3v) is 4.21. The van der Waals surface area contributed by atoms with Crippen LogP contribution >= 0.6 is 0 Å². The van der Waals surface area contributed by atoms with E-state index in [0.29, 0.717) is 5.92 Å².